The molecule has 5 aromatic rings. The van der Waals surface area contributed by atoms with Gasteiger partial charge in [0, 0.05) is 11.6 Å². The van der Waals surface area contributed by atoms with Crippen molar-refractivity contribution in [3.63, 3.8) is 0 Å². The average Bonchev–Trinajstić information content (AvgIpc) is 3.49. The van der Waals surface area contributed by atoms with Gasteiger partial charge in [-0.25, -0.2) is 0 Å². The van der Waals surface area contributed by atoms with E-state index in [2.05, 4.69) is 128 Å². The van der Waals surface area contributed by atoms with E-state index >= 15 is 0 Å². The van der Waals surface area contributed by atoms with Gasteiger partial charge in [0.15, 0.2) is 12.0 Å². The minimum Gasteiger partial charge on any atom is -0.508 e. The molecule has 51 heavy (non-hydrogen) atoms. The largest absolute Gasteiger partial charge is 0.508 e. The second-order valence-corrected chi connectivity index (χ2v) is 14.1. The number of phenols is 1. The van der Waals surface area contributed by atoms with Crippen LogP contribution in [-0.2, 0) is 10.2 Å². The van der Waals surface area contributed by atoms with Crippen molar-refractivity contribution in [2.45, 2.75) is 64.0 Å². The first-order valence-corrected chi connectivity index (χ1v) is 18.7. The van der Waals surface area contributed by atoms with E-state index in [9.17, 15) is 5.11 Å². The van der Waals surface area contributed by atoms with Gasteiger partial charge < -0.3 is 15.2 Å². The number of benzene rings is 5. The molecular formula is C47H46N2O2. The Morgan fingerprint density at radius 3 is 2.24 bits per heavy atom. The number of nitrogens with one attached hydrogen (secondary N) is 1. The molecule has 2 aliphatic carbocycles. The minimum atomic E-state index is -0.496. The molecule has 1 aliphatic heterocycles. The van der Waals surface area contributed by atoms with Crippen LogP contribution >= 0.6 is 0 Å². The highest BCUT2D eigenvalue weighted by Crippen LogP contribution is 2.59. The molecule has 4 heteroatoms. The fourth-order valence-electron chi connectivity index (χ4n) is 8.48. The van der Waals surface area contributed by atoms with Crippen LogP contribution in [0.2, 0.25) is 0 Å². The van der Waals surface area contributed by atoms with Crippen LogP contribution in [0.4, 0.5) is 0 Å². The molecule has 0 aromatic heterocycles. The Morgan fingerprint density at radius 1 is 0.804 bits per heavy atom. The van der Waals surface area contributed by atoms with Crippen LogP contribution in [0.25, 0.3) is 16.3 Å². The number of phenolic OH excluding ortho intramolecular Hbond substituents is 1. The predicted octanol–water partition coefficient (Wildman–Crippen LogP) is 11.2. The molecule has 4 nitrogen and oxygen atoms in total. The Labute approximate surface area is 301 Å². The fourth-order valence-corrected chi connectivity index (χ4v) is 8.48. The molecular weight excluding hydrogens is 625 g/mol. The molecule has 2 unspecified atom stereocenters. The molecule has 1 heterocycles. The standard InChI is InChI=1S/C47H46N2O2/c1-3-5-16-32(4-2)31-51-44-30-42(48-46(49-44)39-23-14-15-24-43(39)50)34-25-27-38-41(29-34)47(35-18-8-6-9-19-35,36-20-10-7-11-21-36)40-28-26-33-17-12-13-22-37(33)45(38)40/h6-15,17-24,26,28-30,32,46,49-50H,3-5,16,25,27,31H2,1-2H3. The van der Waals surface area contributed by atoms with E-state index in [0.717, 1.165) is 37.0 Å². The molecule has 3 aliphatic rings. The van der Waals surface area contributed by atoms with Gasteiger partial charge in [0.25, 0.3) is 0 Å². The number of aromatic hydroxyl groups is 1. The maximum atomic E-state index is 10.9. The van der Waals surface area contributed by atoms with E-state index in [-0.39, 0.29) is 5.75 Å². The maximum Gasteiger partial charge on any atom is 0.190 e. The van der Waals surface area contributed by atoms with Gasteiger partial charge in [-0.3, -0.25) is 4.99 Å². The number of para-hydroxylation sites is 1. The summed E-state index contributed by atoms with van der Waals surface area (Å²) in [5.41, 5.74) is 10.3. The topological polar surface area (TPSA) is 53.9 Å². The first kappa shape index (κ1) is 32.8. The van der Waals surface area contributed by atoms with Crippen molar-refractivity contribution in [2.75, 3.05) is 6.61 Å². The van der Waals surface area contributed by atoms with Crippen LogP contribution in [0.1, 0.15) is 86.4 Å². The molecule has 5 aromatic carbocycles. The summed E-state index contributed by atoms with van der Waals surface area (Å²) in [6.07, 6.45) is 10.4. The summed E-state index contributed by atoms with van der Waals surface area (Å²) in [4.78, 5) is 5.29. The Bertz CT molecular complexity index is 2140. The van der Waals surface area contributed by atoms with E-state index in [1.165, 1.54) is 62.6 Å². The number of allylic oxidation sites excluding steroid dienone is 5. The average molecular weight is 671 g/mol. The van der Waals surface area contributed by atoms with Crippen LogP contribution in [0.5, 0.6) is 5.75 Å². The second-order valence-electron chi connectivity index (χ2n) is 14.1. The smallest absolute Gasteiger partial charge is 0.190 e. The number of hydrogen-bond acceptors (Lipinski definition) is 4. The molecule has 256 valence electrons. The molecule has 0 fully saturated rings. The van der Waals surface area contributed by atoms with E-state index in [1.807, 2.05) is 18.2 Å². The third-order valence-electron chi connectivity index (χ3n) is 11.1. The molecule has 0 spiro atoms. The van der Waals surface area contributed by atoms with Crippen LogP contribution in [0.3, 0.4) is 0 Å². The van der Waals surface area contributed by atoms with E-state index in [0.29, 0.717) is 18.4 Å². The molecule has 0 saturated carbocycles. The summed E-state index contributed by atoms with van der Waals surface area (Å²) >= 11 is 0. The summed E-state index contributed by atoms with van der Waals surface area (Å²) in [6.45, 7) is 5.14. The molecule has 0 amide bonds. The second kappa shape index (κ2) is 14.1. The van der Waals surface area contributed by atoms with Crippen molar-refractivity contribution < 1.29 is 9.84 Å². The van der Waals surface area contributed by atoms with Crippen molar-refractivity contribution in [3.8, 4) is 5.75 Å². The highest BCUT2D eigenvalue weighted by Gasteiger charge is 2.48. The fraction of sp³-hybridized carbons (Fsp3) is 0.255. The Hall–Kier alpha value is -5.35. The predicted molar refractivity (Wildman–Crippen MR) is 210 cm³/mol. The summed E-state index contributed by atoms with van der Waals surface area (Å²) in [5.74, 6) is 1.42. The summed E-state index contributed by atoms with van der Waals surface area (Å²) in [5, 5.41) is 17.0. The van der Waals surface area contributed by atoms with Gasteiger partial charge in [0.2, 0.25) is 0 Å². The normalized spacial score (nSPS) is 18.2. The van der Waals surface area contributed by atoms with Gasteiger partial charge in [0.05, 0.1) is 17.7 Å². The summed E-state index contributed by atoms with van der Waals surface area (Å²) in [7, 11) is 0. The van der Waals surface area contributed by atoms with E-state index in [4.69, 9.17) is 9.73 Å². The van der Waals surface area contributed by atoms with E-state index < -0.39 is 11.6 Å². The van der Waals surface area contributed by atoms with Gasteiger partial charge in [-0.05, 0) is 81.0 Å². The van der Waals surface area contributed by atoms with Crippen LogP contribution < -0.4 is 5.32 Å². The van der Waals surface area contributed by atoms with Crippen LogP contribution in [0.15, 0.2) is 156 Å². The van der Waals surface area contributed by atoms with Gasteiger partial charge in [-0.2, -0.15) is 0 Å². The number of rotatable bonds is 11. The van der Waals surface area contributed by atoms with Crippen molar-refractivity contribution in [2.24, 2.45) is 10.9 Å². The van der Waals surface area contributed by atoms with Crippen molar-refractivity contribution in [1.29, 1.82) is 0 Å². The number of nitrogens with zero attached hydrogens (tertiary/aromatic N) is 1. The number of unbranched alkanes of at least 4 members (excludes halogenated alkanes) is 1. The zero-order valence-electron chi connectivity index (χ0n) is 29.6. The monoisotopic (exact) mass is 670 g/mol. The molecule has 0 saturated heterocycles. The lowest BCUT2D eigenvalue weighted by Crippen LogP contribution is -2.31. The maximum absolute atomic E-state index is 10.9. The van der Waals surface area contributed by atoms with Gasteiger partial charge in [-0.1, -0.05) is 154 Å². The quantitative estimate of drug-likeness (QED) is 0.147. The number of fused-ring (bicyclic) bond motifs is 4. The lowest BCUT2D eigenvalue weighted by Gasteiger charge is -2.36. The first-order chi connectivity index (χ1) is 25.1. The van der Waals surface area contributed by atoms with Crippen LogP contribution in [-0.4, -0.2) is 17.4 Å². The van der Waals surface area contributed by atoms with E-state index in [1.54, 1.807) is 6.07 Å². The molecule has 0 bridgehead atoms. The molecule has 2 atom stereocenters. The van der Waals surface area contributed by atoms with Crippen molar-refractivity contribution in [1.82, 2.24) is 5.32 Å². The van der Waals surface area contributed by atoms with Crippen molar-refractivity contribution in [3.05, 3.63) is 178 Å². The zero-order chi connectivity index (χ0) is 34.8. The summed E-state index contributed by atoms with van der Waals surface area (Å²) < 4.78 is 6.56. The number of ether oxygens (including phenoxy) is 1. The van der Waals surface area contributed by atoms with Crippen molar-refractivity contribution >= 4 is 22.1 Å². The molecule has 8 rings (SSSR count). The first-order valence-electron chi connectivity index (χ1n) is 18.7. The van der Waals surface area contributed by atoms with Gasteiger partial charge in [0.1, 0.15) is 5.75 Å². The molecule has 2 N–H and O–H groups in total. The number of aliphatic imine (C=N–C) groups is 1. The SMILES string of the molecule is CCCCC(CC)COC1=CC(C2=CC3=C(CC2)c2c(ccc4ccccc24)C3(c2ccccc2)c2ccccc2)=NC(c2ccccc2O)N1. The highest BCUT2D eigenvalue weighted by atomic mass is 16.5. The Balaban J connectivity index is 1.31. The zero-order valence-corrected chi connectivity index (χ0v) is 29.6. The Kier molecular flexibility index (Phi) is 9.08. The number of hydrogen-bond donors (Lipinski definition) is 2. The summed E-state index contributed by atoms with van der Waals surface area (Å²) in [6, 6.07) is 43.0. The lowest BCUT2D eigenvalue weighted by molar-refractivity contribution is 0.135. The van der Waals surface area contributed by atoms with Crippen LogP contribution in [0, 0.1) is 5.92 Å². The van der Waals surface area contributed by atoms with Gasteiger partial charge >= 0.3 is 0 Å². The Morgan fingerprint density at radius 2 is 1.51 bits per heavy atom. The highest BCUT2D eigenvalue weighted by molar-refractivity contribution is 6.11. The molecule has 0 radical (unpaired) electrons. The van der Waals surface area contributed by atoms with Gasteiger partial charge in [-0.15, -0.1) is 0 Å². The third kappa shape index (κ3) is 5.87. The third-order valence-corrected chi connectivity index (χ3v) is 11.1. The lowest BCUT2D eigenvalue weighted by atomic mass is 9.65. The minimum absolute atomic E-state index is 0.224.